The first kappa shape index (κ1) is 34.1. The van der Waals surface area contributed by atoms with Crippen molar-refractivity contribution < 1.29 is 27.5 Å². The second-order valence-electron chi connectivity index (χ2n) is 11.1. The van der Waals surface area contributed by atoms with Crippen molar-refractivity contribution in [2.24, 2.45) is 0 Å². The van der Waals surface area contributed by atoms with Gasteiger partial charge in [-0.25, -0.2) is 8.42 Å². The molecule has 0 bridgehead atoms. The highest BCUT2D eigenvalue weighted by molar-refractivity contribution is 7.92. The fraction of sp³-hybridized carbons (Fsp3) is 0.278. The Bertz CT molecular complexity index is 1680. The van der Waals surface area contributed by atoms with Gasteiger partial charge in [-0.15, -0.1) is 0 Å². The summed E-state index contributed by atoms with van der Waals surface area (Å²) in [5.41, 5.74) is 1.89. The van der Waals surface area contributed by atoms with Gasteiger partial charge < -0.3 is 19.7 Å². The van der Waals surface area contributed by atoms with Gasteiger partial charge in [0.05, 0.1) is 19.1 Å². The molecule has 10 heteroatoms. The third-order valence-corrected chi connectivity index (χ3v) is 8.68. The highest BCUT2D eigenvalue weighted by Crippen LogP contribution is 2.26. The van der Waals surface area contributed by atoms with Crippen molar-refractivity contribution in [3.05, 3.63) is 120 Å². The number of nitrogens with zero attached hydrogens (tertiary/aromatic N) is 2. The van der Waals surface area contributed by atoms with Gasteiger partial charge in [0, 0.05) is 19.0 Å². The van der Waals surface area contributed by atoms with E-state index in [-0.39, 0.29) is 24.9 Å². The average molecular weight is 644 g/mol. The number of anilines is 1. The van der Waals surface area contributed by atoms with Gasteiger partial charge >= 0.3 is 0 Å². The van der Waals surface area contributed by atoms with Crippen LogP contribution in [0.4, 0.5) is 5.69 Å². The Kier molecular flexibility index (Phi) is 11.8. The van der Waals surface area contributed by atoms with Gasteiger partial charge in [-0.05, 0) is 73.0 Å². The monoisotopic (exact) mass is 643 g/mol. The topological polar surface area (TPSA) is 105 Å². The molecule has 0 heterocycles. The molecule has 0 fully saturated rings. The van der Waals surface area contributed by atoms with Crippen LogP contribution < -0.4 is 19.1 Å². The summed E-state index contributed by atoms with van der Waals surface area (Å²) < 4.78 is 38.5. The predicted molar refractivity (Wildman–Crippen MR) is 181 cm³/mol. The normalized spacial score (nSPS) is 12.4. The molecule has 0 aliphatic heterocycles. The van der Waals surface area contributed by atoms with E-state index in [9.17, 15) is 18.0 Å². The Morgan fingerprint density at radius 3 is 2.00 bits per heavy atom. The third kappa shape index (κ3) is 9.58. The molecule has 2 amide bonds. The smallest absolute Gasteiger partial charge is 0.244 e. The van der Waals surface area contributed by atoms with Crippen LogP contribution in [-0.2, 0) is 32.6 Å². The van der Waals surface area contributed by atoms with Crippen molar-refractivity contribution in [2.45, 2.75) is 45.3 Å². The molecule has 0 radical (unpaired) electrons. The molecule has 2 atom stereocenters. The molecule has 0 saturated heterocycles. The summed E-state index contributed by atoms with van der Waals surface area (Å²) in [5, 5.41) is 3.03. The summed E-state index contributed by atoms with van der Waals surface area (Å²) >= 11 is 0. The minimum absolute atomic E-state index is 0.0584. The Morgan fingerprint density at radius 1 is 0.804 bits per heavy atom. The SMILES string of the molecule is CCC(C)NC(=O)C(Cc1ccccc1)N(Cc1cccc(OC)c1)C(=O)CN(c1ccc(Oc2ccccc2)cc1)S(C)(=O)=O. The Labute approximate surface area is 271 Å². The fourth-order valence-electron chi connectivity index (χ4n) is 4.88. The van der Waals surface area contributed by atoms with Crippen LogP contribution in [0.15, 0.2) is 109 Å². The van der Waals surface area contributed by atoms with E-state index in [0.717, 1.165) is 21.7 Å². The first-order valence-electron chi connectivity index (χ1n) is 15.1. The first-order valence-corrected chi connectivity index (χ1v) is 17.0. The quantitative estimate of drug-likeness (QED) is 0.175. The first-order chi connectivity index (χ1) is 22.1. The molecule has 4 rings (SSSR count). The van der Waals surface area contributed by atoms with Crippen LogP contribution >= 0.6 is 0 Å². The number of ether oxygens (including phenoxy) is 2. The Hall–Kier alpha value is -4.83. The fourth-order valence-corrected chi connectivity index (χ4v) is 5.73. The molecule has 9 nitrogen and oxygen atoms in total. The van der Waals surface area contributed by atoms with Crippen molar-refractivity contribution >= 4 is 27.5 Å². The summed E-state index contributed by atoms with van der Waals surface area (Å²) in [6.07, 6.45) is 2.00. The Morgan fingerprint density at radius 2 is 1.39 bits per heavy atom. The number of sulfonamides is 1. The van der Waals surface area contributed by atoms with Gasteiger partial charge in [0.1, 0.15) is 29.8 Å². The van der Waals surface area contributed by atoms with E-state index in [1.807, 2.05) is 86.6 Å². The van der Waals surface area contributed by atoms with E-state index < -0.39 is 28.5 Å². The number of amides is 2. The van der Waals surface area contributed by atoms with Gasteiger partial charge in [0.15, 0.2) is 0 Å². The summed E-state index contributed by atoms with van der Waals surface area (Å²) in [4.78, 5) is 29.6. The predicted octanol–water partition coefficient (Wildman–Crippen LogP) is 5.81. The zero-order valence-corrected chi connectivity index (χ0v) is 27.4. The third-order valence-electron chi connectivity index (χ3n) is 7.54. The molecule has 46 heavy (non-hydrogen) atoms. The van der Waals surface area contributed by atoms with Crippen LogP contribution in [0.3, 0.4) is 0 Å². The number of carbonyl (C=O) groups is 2. The number of hydrogen-bond acceptors (Lipinski definition) is 6. The minimum Gasteiger partial charge on any atom is -0.497 e. The van der Waals surface area contributed by atoms with Crippen LogP contribution in [0.25, 0.3) is 0 Å². The number of rotatable bonds is 15. The summed E-state index contributed by atoms with van der Waals surface area (Å²) in [6, 6.07) is 31.4. The van der Waals surface area contributed by atoms with Crippen LogP contribution in [0.1, 0.15) is 31.4 Å². The molecule has 0 aliphatic rings. The van der Waals surface area contributed by atoms with Gasteiger partial charge in [-0.3, -0.25) is 13.9 Å². The number of benzene rings is 4. The molecular weight excluding hydrogens is 602 g/mol. The molecule has 4 aromatic rings. The molecular formula is C36H41N3O6S. The summed E-state index contributed by atoms with van der Waals surface area (Å²) in [6.45, 7) is 3.42. The van der Waals surface area contributed by atoms with Crippen LogP contribution in [0.5, 0.6) is 17.2 Å². The minimum atomic E-state index is -3.91. The van der Waals surface area contributed by atoms with Gasteiger partial charge in [-0.2, -0.15) is 0 Å². The maximum Gasteiger partial charge on any atom is 0.244 e. The summed E-state index contributed by atoms with van der Waals surface area (Å²) in [5.74, 6) is 0.905. The lowest BCUT2D eigenvalue weighted by Gasteiger charge is -2.34. The van der Waals surface area contributed by atoms with Crippen molar-refractivity contribution in [1.82, 2.24) is 10.2 Å². The maximum absolute atomic E-state index is 14.3. The molecule has 0 spiro atoms. The van der Waals surface area contributed by atoms with E-state index in [2.05, 4.69) is 5.32 Å². The zero-order chi connectivity index (χ0) is 33.1. The van der Waals surface area contributed by atoms with Crippen LogP contribution in [0, 0.1) is 0 Å². The van der Waals surface area contributed by atoms with E-state index in [1.165, 1.54) is 4.90 Å². The second-order valence-corrected chi connectivity index (χ2v) is 13.0. The highest BCUT2D eigenvalue weighted by Gasteiger charge is 2.33. The molecule has 242 valence electrons. The van der Waals surface area contributed by atoms with Crippen LogP contribution in [0.2, 0.25) is 0 Å². The van der Waals surface area contributed by atoms with E-state index >= 15 is 0 Å². The average Bonchev–Trinajstić information content (AvgIpc) is 3.06. The number of nitrogens with one attached hydrogen (secondary N) is 1. The van der Waals surface area contributed by atoms with E-state index in [0.29, 0.717) is 29.4 Å². The number of methoxy groups -OCH3 is 1. The second kappa shape index (κ2) is 15.9. The van der Waals surface area contributed by atoms with Gasteiger partial charge in [0.2, 0.25) is 21.8 Å². The number of carbonyl (C=O) groups excluding carboxylic acids is 2. The van der Waals surface area contributed by atoms with Crippen molar-refractivity contribution in [3.8, 4) is 17.2 Å². The van der Waals surface area contributed by atoms with Crippen LogP contribution in [-0.4, -0.2) is 57.1 Å². The lowest BCUT2D eigenvalue weighted by Crippen LogP contribution is -2.54. The molecule has 4 aromatic carbocycles. The molecule has 0 aromatic heterocycles. The zero-order valence-electron chi connectivity index (χ0n) is 26.6. The molecule has 0 saturated carbocycles. The summed E-state index contributed by atoms with van der Waals surface area (Å²) in [7, 11) is -2.35. The van der Waals surface area contributed by atoms with E-state index in [1.54, 1.807) is 43.5 Å². The Balaban J connectivity index is 1.69. The lowest BCUT2D eigenvalue weighted by atomic mass is 10.0. The molecule has 1 N–H and O–H groups in total. The maximum atomic E-state index is 14.3. The van der Waals surface area contributed by atoms with Gasteiger partial charge in [0.25, 0.3) is 0 Å². The largest absolute Gasteiger partial charge is 0.497 e. The van der Waals surface area contributed by atoms with Gasteiger partial charge in [-0.1, -0.05) is 67.6 Å². The van der Waals surface area contributed by atoms with Crippen molar-refractivity contribution in [2.75, 3.05) is 24.2 Å². The number of para-hydroxylation sites is 1. The standard InChI is InChI=1S/C36H41N3O6S/c1-5-27(2)37-36(41)34(24-28-13-8-6-9-14-28)38(25-29-15-12-18-33(23-29)44-3)35(40)26-39(46(4,42)43)30-19-21-32(22-20-30)45-31-16-10-7-11-17-31/h6-23,27,34H,5,24-26H2,1-4H3,(H,37,41). The van der Waals surface area contributed by atoms with E-state index in [4.69, 9.17) is 9.47 Å². The molecule has 0 aliphatic carbocycles. The highest BCUT2D eigenvalue weighted by atomic mass is 32.2. The van der Waals surface area contributed by atoms with Crippen molar-refractivity contribution in [3.63, 3.8) is 0 Å². The van der Waals surface area contributed by atoms with Crippen molar-refractivity contribution in [1.29, 1.82) is 0 Å². The molecule has 2 unspecified atom stereocenters. The lowest BCUT2D eigenvalue weighted by molar-refractivity contribution is -0.140. The number of hydrogen-bond donors (Lipinski definition) is 1.